The molecule has 132 valence electrons. The van der Waals surface area contributed by atoms with E-state index in [2.05, 4.69) is 31.0 Å². The molecule has 4 heteroatoms. The van der Waals surface area contributed by atoms with Gasteiger partial charge in [0, 0.05) is 24.2 Å². The van der Waals surface area contributed by atoms with Gasteiger partial charge in [-0.25, -0.2) is 0 Å². The molecule has 25 heavy (non-hydrogen) atoms. The number of ketones is 1. The average molecular weight is 355 g/mol. The molecule has 3 nitrogen and oxygen atoms in total. The van der Waals surface area contributed by atoms with Crippen molar-refractivity contribution in [3.05, 3.63) is 65.5 Å². The van der Waals surface area contributed by atoms with Crippen LogP contribution in [0.3, 0.4) is 0 Å². The van der Waals surface area contributed by atoms with Crippen molar-refractivity contribution in [3.63, 3.8) is 0 Å². The van der Waals surface area contributed by atoms with Crippen molar-refractivity contribution in [3.8, 4) is 0 Å². The Kier molecular flexibility index (Phi) is 7.26. The highest BCUT2D eigenvalue weighted by atomic mass is 32.1. The van der Waals surface area contributed by atoms with E-state index in [0.29, 0.717) is 17.2 Å². The normalized spacial score (nSPS) is 12.8. The Hall–Kier alpha value is -2.07. The van der Waals surface area contributed by atoms with E-state index in [1.165, 1.54) is 11.1 Å². The van der Waals surface area contributed by atoms with Crippen LogP contribution in [0.25, 0.3) is 0 Å². The molecule has 1 aromatic heterocycles. The number of aliphatic imine (C=N–C) groups is 1. The van der Waals surface area contributed by atoms with Crippen molar-refractivity contribution in [2.24, 2.45) is 4.99 Å². The summed E-state index contributed by atoms with van der Waals surface area (Å²) in [6.45, 7) is 6.76. The van der Waals surface area contributed by atoms with Crippen LogP contribution >= 0.6 is 0 Å². The number of aryl methyl sites for hydroxylation is 2. The van der Waals surface area contributed by atoms with Crippen molar-refractivity contribution in [1.29, 1.82) is 0 Å². The Morgan fingerprint density at radius 2 is 1.68 bits per heavy atom. The third-order valence-corrected chi connectivity index (χ3v) is 4.55. The maximum Gasteiger partial charge on any atom is 0.237 e. The number of aromatic nitrogens is 1. The number of hydrogen-bond acceptors (Lipinski definition) is 3. The number of pyridine rings is 1. The van der Waals surface area contributed by atoms with E-state index in [4.69, 9.17) is 12.6 Å². The smallest absolute Gasteiger partial charge is 0.237 e. The van der Waals surface area contributed by atoms with Crippen LogP contribution in [0.4, 0.5) is 0 Å². The lowest BCUT2D eigenvalue weighted by Crippen LogP contribution is -2.47. The molecule has 0 aliphatic heterocycles. The minimum atomic E-state index is -0.571. The topological polar surface area (TPSA) is 33.3 Å². The van der Waals surface area contributed by atoms with Crippen LogP contribution in [-0.2, 0) is 25.5 Å². The summed E-state index contributed by atoms with van der Waals surface area (Å²) in [4.78, 5) is 17.4. The molecule has 1 aromatic carbocycles. The van der Waals surface area contributed by atoms with Crippen LogP contribution in [0.5, 0.6) is 0 Å². The van der Waals surface area contributed by atoms with Crippen LogP contribution < -0.4 is 4.57 Å². The van der Waals surface area contributed by atoms with Gasteiger partial charge in [0.1, 0.15) is 0 Å². The lowest BCUT2D eigenvalue weighted by molar-refractivity contribution is -0.692. The SMILES string of the molecule is CCCc1cc[n+]([C@H](C(=O)c2ccc(CC)cc2)C([S-])=NCC)cc1. The zero-order valence-electron chi connectivity index (χ0n) is 15.2. The number of carbonyl (C=O) groups excluding carboxylic acids is 1. The van der Waals surface area contributed by atoms with Crippen LogP contribution in [0.15, 0.2) is 53.8 Å². The molecule has 0 saturated heterocycles. The second kappa shape index (κ2) is 9.42. The standard InChI is InChI=1S/C21H26N2OS/c1-4-7-17-12-14-23(15-13-17)19(21(25)22-6-3)20(24)18-10-8-16(5-2)9-11-18/h8-15,19H,4-7H2,1-3H3/t19-/m1/s1. The highest BCUT2D eigenvalue weighted by Gasteiger charge is 2.28. The summed E-state index contributed by atoms with van der Waals surface area (Å²) in [6.07, 6.45) is 6.95. The highest BCUT2D eigenvalue weighted by molar-refractivity contribution is 7.77. The van der Waals surface area contributed by atoms with Gasteiger partial charge in [-0.2, -0.15) is 4.57 Å². The van der Waals surface area contributed by atoms with Crippen molar-refractivity contribution in [1.82, 2.24) is 0 Å². The summed E-state index contributed by atoms with van der Waals surface area (Å²) in [6, 6.07) is 11.3. The number of benzene rings is 1. The van der Waals surface area contributed by atoms with Gasteiger partial charge in [-0.3, -0.25) is 4.79 Å². The maximum absolute atomic E-state index is 13.1. The van der Waals surface area contributed by atoms with Crippen molar-refractivity contribution in [2.75, 3.05) is 6.54 Å². The summed E-state index contributed by atoms with van der Waals surface area (Å²) < 4.78 is 1.87. The van der Waals surface area contributed by atoms with E-state index in [-0.39, 0.29) is 5.78 Å². The largest absolute Gasteiger partial charge is 0.758 e. The first kappa shape index (κ1) is 19.3. The molecule has 0 bridgehead atoms. The molecule has 0 saturated carbocycles. The number of hydrogen-bond donors (Lipinski definition) is 0. The fourth-order valence-electron chi connectivity index (χ4n) is 2.78. The lowest BCUT2D eigenvalue weighted by atomic mass is 10.0. The maximum atomic E-state index is 13.1. The van der Waals surface area contributed by atoms with Gasteiger partial charge < -0.3 is 17.6 Å². The number of carbonyl (C=O) groups is 1. The van der Waals surface area contributed by atoms with E-state index in [1.807, 2.05) is 48.1 Å². The molecular formula is C21H26N2OS. The molecule has 1 atom stereocenters. The average Bonchev–Trinajstić information content (AvgIpc) is 2.64. The third-order valence-electron chi connectivity index (χ3n) is 4.20. The second-order valence-electron chi connectivity index (χ2n) is 6.03. The number of Topliss-reactive ketones (excluding diaryl/α,β-unsaturated/α-hetero) is 1. The van der Waals surface area contributed by atoms with Crippen molar-refractivity contribution < 1.29 is 9.36 Å². The van der Waals surface area contributed by atoms with E-state index < -0.39 is 6.04 Å². The van der Waals surface area contributed by atoms with E-state index in [1.54, 1.807) is 0 Å². The minimum absolute atomic E-state index is 0.0157. The molecular weight excluding hydrogens is 328 g/mol. The lowest BCUT2D eigenvalue weighted by Gasteiger charge is -2.18. The predicted octanol–water partition coefficient (Wildman–Crippen LogP) is 3.88. The molecule has 1 heterocycles. The van der Waals surface area contributed by atoms with Crippen LogP contribution in [-0.4, -0.2) is 17.4 Å². The van der Waals surface area contributed by atoms with Gasteiger partial charge in [-0.05, 0) is 35.9 Å². The zero-order valence-corrected chi connectivity index (χ0v) is 16.1. The van der Waals surface area contributed by atoms with Gasteiger partial charge in [0.2, 0.25) is 11.8 Å². The molecule has 0 fully saturated rings. The van der Waals surface area contributed by atoms with Crippen LogP contribution in [0.2, 0.25) is 0 Å². The van der Waals surface area contributed by atoms with Crippen molar-refractivity contribution >= 4 is 23.5 Å². The summed E-state index contributed by atoms with van der Waals surface area (Å²) in [5, 5.41) is 0.431. The third kappa shape index (κ3) is 4.95. The molecule has 0 aliphatic carbocycles. The highest BCUT2D eigenvalue weighted by Crippen LogP contribution is 2.14. The molecule has 2 rings (SSSR count). The van der Waals surface area contributed by atoms with Gasteiger partial charge in [0.15, 0.2) is 12.4 Å². The monoisotopic (exact) mass is 354 g/mol. The number of rotatable bonds is 8. The Balaban J connectivity index is 2.37. The van der Waals surface area contributed by atoms with Crippen molar-refractivity contribution in [2.45, 2.75) is 46.1 Å². The molecule has 0 spiro atoms. The molecule has 0 unspecified atom stereocenters. The Morgan fingerprint density at radius 3 is 2.20 bits per heavy atom. The fourth-order valence-corrected chi connectivity index (χ4v) is 3.13. The Bertz CT molecular complexity index is 721. The van der Waals surface area contributed by atoms with Gasteiger partial charge >= 0.3 is 0 Å². The van der Waals surface area contributed by atoms with Gasteiger partial charge in [0.05, 0.1) is 0 Å². The van der Waals surface area contributed by atoms with E-state index >= 15 is 0 Å². The van der Waals surface area contributed by atoms with Gasteiger partial charge in [-0.1, -0.05) is 44.5 Å². The second-order valence-corrected chi connectivity index (χ2v) is 6.45. The molecule has 0 aliphatic rings. The first-order valence-corrected chi connectivity index (χ1v) is 9.35. The molecule has 2 aromatic rings. The number of nitrogens with zero attached hydrogens (tertiary/aromatic N) is 2. The van der Waals surface area contributed by atoms with E-state index in [0.717, 1.165) is 19.3 Å². The first-order chi connectivity index (χ1) is 12.1. The summed E-state index contributed by atoms with van der Waals surface area (Å²) in [5.41, 5.74) is 3.14. The van der Waals surface area contributed by atoms with Gasteiger partial charge in [-0.15, -0.1) is 0 Å². The predicted molar refractivity (Wildman–Crippen MR) is 105 cm³/mol. The summed E-state index contributed by atoms with van der Waals surface area (Å²) in [7, 11) is 0. The summed E-state index contributed by atoms with van der Waals surface area (Å²) in [5.74, 6) is -0.0157. The molecule has 0 amide bonds. The Labute approximate surface area is 156 Å². The summed E-state index contributed by atoms with van der Waals surface area (Å²) >= 11 is 5.46. The molecule has 0 radical (unpaired) electrons. The Morgan fingerprint density at radius 1 is 1.04 bits per heavy atom. The molecule has 0 N–H and O–H groups in total. The quantitative estimate of drug-likeness (QED) is 0.237. The fraction of sp³-hybridized carbons (Fsp3) is 0.381. The van der Waals surface area contributed by atoms with E-state index in [9.17, 15) is 4.79 Å². The van der Waals surface area contributed by atoms with Gasteiger partial charge in [0.25, 0.3) is 0 Å². The minimum Gasteiger partial charge on any atom is -0.758 e. The zero-order chi connectivity index (χ0) is 18.2. The first-order valence-electron chi connectivity index (χ1n) is 8.94. The van der Waals surface area contributed by atoms with Crippen LogP contribution in [0.1, 0.15) is 54.7 Å². The van der Waals surface area contributed by atoms with Crippen LogP contribution in [0, 0.1) is 0 Å².